The summed E-state index contributed by atoms with van der Waals surface area (Å²) in [5.41, 5.74) is 6.95. The number of nitriles is 1. The molecule has 3 aromatic rings. The molecule has 3 rings (SSSR count). The molecule has 0 amide bonds. The highest BCUT2D eigenvalue weighted by molar-refractivity contribution is 7.12. The van der Waals surface area contributed by atoms with Crippen LogP contribution in [0.2, 0.25) is 5.02 Å². The summed E-state index contributed by atoms with van der Waals surface area (Å²) >= 11 is 7.33. The number of anilines is 1. The molecule has 1 N–H and O–H groups in total. The number of nitrogens with one attached hydrogen (secondary N) is 1. The molecule has 1 heterocycles. The van der Waals surface area contributed by atoms with Crippen LogP contribution in [-0.2, 0) is 6.42 Å². The second-order valence-corrected chi connectivity index (χ2v) is 6.58. The van der Waals surface area contributed by atoms with Crippen molar-refractivity contribution >= 4 is 34.3 Å². The zero-order chi connectivity index (χ0) is 17.6. The van der Waals surface area contributed by atoms with Gasteiger partial charge in [-0.15, -0.1) is 11.3 Å². The van der Waals surface area contributed by atoms with E-state index in [2.05, 4.69) is 40.6 Å². The van der Waals surface area contributed by atoms with Gasteiger partial charge in [0.15, 0.2) is 10.7 Å². The summed E-state index contributed by atoms with van der Waals surface area (Å²) in [6, 6.07) is 17.5. The quantitative estimate of drug-likeness (QED) is 0.488. The Labute approximate surface area is 155 Å². The molecule has 0 spiro atoms. The fourth-order valence-electron chi connectivity index (χ4n) is 2.23. The van der Waals surface area contributed by atoms with Crippen molar-refractivity contribution in [3.8, 4) is 17.3 Å². The fourth-order valence-corrected chi connectivity index (χ4v) is 3.18. The van der Waals surface area contributed by atoms with Crippen LogP contribution in [-0.4, -0.2) is 10.7 Å². The number of aryl methyl sites for hydroxylation is 1. The molecule has 0 aliphatic carbocycles. The zero-order valence-electron chi connectivity index (χ0n) is 13.5. The van der Waals surface area contributed by atoms with Gasteiger partial charge in [0.25, 0.3) is 0 Å². The van der Waals surface area contributed by atoms with Crippen LogP contribution in [0.3, 0.4) is 0 Å². The second kappa shape index (κ2) is 7.93. The van der Waals surface area contributed by atoms with E-state index in [0.717, 1.165) is 17.7 Å². The van der Waals surface area contributed by atoms with E-state index in [4.69, 9.17) is 11.6 Å². The van der Waals surface area contributed by atoms with E-state index in [-0.39, 0.29) is 5.71 Å². The average Bonchev–Trinajstić information content (AvgIpc) is 3.12. The van der Waals surface area contributed by atoms with Crippen molar-refractivity contribution < 1.29 is 0 Å². The van der Waals surface area contributed by atoms with Crippen LogP contribution in [0.1, 0.15) is 17.5 Å². The van der Waals surface area contributed by atoms with Crippen LogP contribution in [0.4, 0.5) is 5.69 Å². The minimum atomic E-state index is 0.237. The van der Waals surface area contributed by atoms with Crippen LogP contribution in [0.25, 0.3) is 11.3 Å². The Balaban J connectivity index is 1.81. The molecule has 0 aliphatic heterocycles. The molecule has 124 valence electrons. The maximum atomic E-state index is 9.38. The van der Waals surface area contributed by atoms with Gasteiger partial charge in [-0.3, -0.25) is 5.43 Å². The van der Waals surface area contributed by atoms with Crippen molar-refractivity contribution in [2.45, 2.75) is 13.3 Å². The van der Waals surface area contributed by atoms with Crippen molar-refractivity contribution in [3.63, 3.8) is 0 Å². The third-order valence-electron chi connectivity index (χ3n) is 3.59. The molecule has 0 fully saturated rings. The van der Waals surface area contributed by atoms with Crippen LogP contribution in [0.15, 0.2) is 59.0 Å². The van der Waals surface area contributed by atoms with E-state index in [1.54, 1.807) is 12.1 Å². The normalized spacial score (nSPS) is 11.2. The molecule has 0 radical (unpaired) electrons. The van der Waals surface area contributed by atoms with E-state index < -0.39 is 0 Å². The number of hydrazone groups is 1. The Morgan fingerprint density at radius 1 is 1.28 bits per heavy atom. The summed E-state index contributed by atoms with van der Waals surface area (Å²) in [5.74, 6) is 0. The highest BCUT2D eigenvalue weighted by atomic mass is 35.5. The predicted octanol–water partition coefficient (Wildman–Crippen LogP) is 5.37. The van der Waals surface area contributed by atoms with E-state index >= 15 is 0 Å². The molecule has 0 atom stereocenters. The number of nitrogens with zero attached hydrogens (tertiary/aromatic N) is 3. The standard InChI is InChI=1S/C19H15ClN4S/c1-2-13-6-8-14(9-7-13)18-12-25-19(22-18)17(11-21)24-23-16-5-3-4-15(20)10-16/h3-10,12,23H,2H2,1H3/b24-17+. The van der Waals surface area contributed by atoms with Gasteiger partial charge in [0.05, 0.1) is 11.4 Å². The lowest BCUT2D eigenvalue weighted by molar-refractivity contribution is 1.14. The van der Waals surface area contributed by atoms with Crippen LogP contribution < -0.4 is 5.43 Å². The minimum absolute atomic E-state index is 0.237. The summed E-state index contributed by atoms with van der Waals surface area (Å²) in [5, 5.41) is 16.6. The van der Waals surface area contributed by atoms with Gasteiger partial charge in [-0.2, -0.15) is 10.4 Å². The van der Waals surface area contributed by atoms with E-state index in [1.807, 2.05) is 29.6 Å². The molecule has 0 unspecified atom stereocenters. The first-order valence-electron chi connectivity index (χ1n) is 7.74. The van der Waals surface area contributed by atoms with Gasteiger partial charge in [-0.1, -0.05) is 48.9 Å². The predicted molar refractivity (Wildman–Crippen MR) is 104 cm³/mol. The Hall–Kier alpha value is -2.68. The van der Waals surface area contributed by atoms with Crippen molar-refractivity contribution in [2.24, 2.45) is 5.10 Å². The highest BCUT2D eigenvalue weighted by Gasteiger charge is 2.10. The number of benzene rings is 2. The SMILES string of the molecule is CCc1ccc(-c2csc(/C(C#N)=N/Nc3cccc(Cl)c3)n2)cc1. The lowest BCUT2D eigenvalue weighted by Crippen LogP contribution is -2.01. The topological polar surface area (TPSA) is 61.1 Å². The largest absolute Gasteiger partial charge is 0.277 e. The van der Waals surface area contributed by atoms with Gasteiger partial charge in [0.1, 0.15) is 6.07 Å². The molecule has 4 nitrogen and oxygen atoms in total. The monoisotopic (exact) mass is 366 g/mol. The van der Waals surface area contributed by atoms with Crippen molar-refractivity contribution in [1.82, 2.24) is 4.98 Å². The van der Waals surface area contributed by atoms with Crippen LogP contribution in [0.5, 0.6) is 0 Å². The number of rotatable bonds is 5. The van der Waals surface area contributed by atoms with E-state index in [9.17, 15) is 5.26 Å². The third kappa shape index (κ3) is 4.24. The Kier molecular flexibility index (Phi) is 5.44. The van der Waals surface area contributed by atoms with Gasteiger partial charge in [0.2, 0.25) is 0 Å². The van der Waals surface area contributed by atoms with E-state index in [0.29, 0.717) is 15.7 Å². The second-order valence-electron chi connectivity index (χ2n) is 5.28. The summed E-state index contributed by atoms with van der Waals surface area (Å²) in [4.78, 5) is 4.54. The van der Waals surface area contributed by atoms with Gasteiger partial charge in [-0.05, 0) is 30.2 Å². The number of hydrogen-bond acceptors (Lipinski definition) is 5. The smallest absolute Gasteiger partial charge is 0.196 e. The minimum Gasteiger partial charge on any atom is -0.277 e. The molecule has 0 bridgehead atoms. The summed E-state index contributed by atoms with van der Waals surface area (Å²) in [6.45, 7) is 2.12. The van der Waals surface area contributed by atoms with Crippen LogP contribution >= 0.6 is 22.9 Å². The number of hydrogen-bond donors (Lipinski definition) is 1. The molecule has 0 saturated carbocycles. The lowest BCUT2D eigenvalue weighted by Gasteiger charge is -2.01. The molecule has 0 aliphatic rings. The Morgan fingerprint density at radius 2 is 2.08 bits per heavy atom. The van der Waals surface area contributed by atoms with Gasteiger partial charge in [0, 0.05) is 16.0 Å². The van der Waals surface area contributed by atoms with Crippen LogP contribution in [0, 0.1) is 11.3 Å². The highest BCUT2D eigenvalue weighted by Crippen LogP contribution is 2.23. The first-order chi connectivity index (χ1) is 12.2. The number of thiazole rings is 1. The summed E-state index contributed by atoms with van der Waals surface area (Å²) < 4.78 is 0. The molecular formula is C19H15ClN4S. The van der Waals surface area contributed by atoms with Crippen molar-refractivity contribution in [1.29, 1.82) is 5.26 Å². The molecule has 2 aromatic carbocycles. The van der Waals surface area contributed by atoms with Gasteiger partial charge >= 0.3 is 0 Å². The number of halogens is 1. The fraction of sp³-hybridized carbons (Fsp3) is 0.105. The maximum absolute atomic E-state index is 9.38. The molecule has 0 saturated heterocycles. The van der Waals surface area contributed by atoms with Gasteiger partial charge in [-0.25, -0.2) is 4.98 Å². The zero-order valence-corrected chi connectivity index (χ0v) is 15.1. The molecule has 6 heteroatoms. The summed E-state index contributed by atoms with van der Waals surface area (Å²) in [6.07, 6.45) is 1.00. The lowest BCUT2D eigenvalue weighted by atomic mass is 10.1. The number of aromatic nitrogens is 1. The first-order valence-corrected chi connectivity index (χ1v) is 9.00. The molecule has 1 aromatic heterocycles. The van der Waals surface area contributed by atoms with Crippen molar-refractivity contribution in [2.75, 3.05) is 5.43 Å². The van der Waals surface area contributed by atoms with Crippen molar-refractivity contribution in [3.05, 3.63) is 69.5 Å². The summed E-state index contributed by atoms with van der Waals surface area (Å²) in [7, 11) is 0. The Morgan fingerprint density at radius 3 is 2.76 bits per heavy atom. The Bertz CT molecular complexity index is 939. The first kappa shape index (κ1) is 17.2. The third-order valence-corrected chi connectivity index (χ3v) is 4.68. The molecule has 25 heavy (non-hydrogen) atoms. The maximum Gasteiger partial charge on any atom is 0.196 e. The molecular weight excluding hydrogens is 352 g/mol. The van der Waals surface area contributed by atoms with Gasteiger partial charge < -0.3 is 0 Å². The van der Waals surface area contributed by atoms with E-state index in [1.165, 1.54) is 16.9 Å². The average molecular weight is 367 g/mol.